The van der Waals surface area contributed by atoms with Gasteiger partial charge in [-0.2, -0.15) is 0 Å². The van der Waals surface area contributed by atoms with Gasteiger partial charge in [0.15, 0.2) is 11.5 Å². The zero-order valence-electron chi connectivity index (χ0n) is 12.1. The zero-order valence-corrected chi connectivity index (χ0v) is 13.7. The van der Waals surface area contributed by atoms with Crippen LogP contribution in [0, 0.1) is 0 Å². The summed E-state index contributed by atoms with van der Waals surface area (Å²) in [7, 11) is 0. The first-order valence-corrected chi connectivity index (χ1v) is 7.40. The van der Waals surface area contributed by atoms with Crippen LogP contribution in [-0.2, 0) is 16.0 Å². The zero-order chi connectivity index (χ0) is 15.8. The van der Waals surface area contributed by atoms with Gasteiger partial charge in [-0.15, -0.1) is 0 Å². The van der Waals surface area contributed by atoms with Gasteiger partial charge in [0.2, 0.25) is 11.8 Å². The van der Waals surface area contributed by atoms with E-state index in [-0.39, 0.29) is 18.9 Å². The number of hydrogen-bond donors (Lipinski definition) is 2. The summed E-state index contributed by atoms with van der Waals surface area (Å²) in [4.78, 5) is 22.4. The standard InChI is InChI=1S/C14H19BrN2O4/c1-3-20-11-5-9(6-14(19)17-8-13(16)18)10(15)7-12(11)21-4-2/h5,7H,3-4,6,8H2,1-2H3,(H2,16,18)(H,17,19). The molecule has 0 aromatic heterocycles. The molecule has 3 N–H and O–H groups in total. The topological polar surface area (TPSA) is 90.6 Å². The molecule has 0 aliphatic rings. The van der Waals surface area contributed by atoms with Crippen molar-refractivity contribution in [3.63, 3.8) is 0 Å². The summed E-state index contributed by atoms with van der Waals surface area (Å²) in [6, 6.07) is 3.52. The van der Waals surface area contributed by atoms with Gasteiger partial charge in [-0.1, -0.05) is 15.9 Å². The molecule has 0 unspecified atom stereocenters. The Labute approximate surface area is 132 Å². The van der Waals surface area contributed by atoms with Crippen LogP contribution in [0.2, 0.25) is 0 Å². The molecule has 0 atom stereocenters. The van der Waals surface area contributed by atoms with Gasteiger partial charge in [0.1, 0.15) is 0 Å². The van der Waals surface area contributed by atoms with E-state index in [1.807, 2.05) is 13.8 Å². The maximum atomic E-state index is 11.7. The lowest BCUT2D eigenvalue weighted by atomic mass is 10.1. The summed E-state index contributed by atoms with van der Waals surface area (Å²) in [6.07, 6.45) is 0.111. The number of nitrogens with one attached hydrogen (secondary N) is 1. The molecular weight excluding hydrogens is 340 g/mol. The number of rotatable bonds is 8. The Morgan fingerprint density at radius 2 is 1.76 bits per heavy atom. The number of halogens is 1. The predicted octanol–water partition coefficient (Wildman–Crippen LogP) is 1.39. The molecule has 6 nitrogen and oxygen atoms in total. The summed E-state index contributed by atoms with van der Waals surface area (Å²) < 4.78 is 11.7. The maximum Gasteiger partial charge on any atom is 0.236 e. The second-order valence-electron chi connectivity index (χ2n) is 4.18. The van der Waals surface area contributed by atoms with Crippen LogP contribution in [0.15, 0.2) is 16.6 Å². The number of benzene rings is 1. The maximum absolute atomic E-state index is 11.7. The van der Waals surface area contributed by atoms with Gasteiger partial charge in [-0.05, 0) is 31.5 Å². The van der Waals surface area contributed by atoms with Crippen LogP contribution in [0.5, 0.6) is 11.5 Å². The highest BCUT2D eigenvalue weighted by Crippen LogP contribution is 2.34. The molecule has 2 amide bonds. The minimum absolute atomic E-state index is 0.111. The Morgan fingerprint density at radius 3 is 2.29 bits per heavy atom. The average Bonchev–Trinajstić information content (AvgIpc) is 2.42. The van der Waals surface area contributed by atoms with E-state index >= 15 is 0 Å². The van der Waals surface area contributed by atoms with E-state index in [4.69, 9.17) is 15.2 Å². The van der Waals surface area contributed by atoms with Crippen LogP contribution in [0.3, 0.4) is 0 Å². The van der Waals surface area contributed by atoms with E-state index in [0.717, 1.165) is 10.0 Å². The van der Waals surface area contributed by atoms with E-state index in [0.29, 0.717) is 24.7 Å². The van der Waals surface area contributed by atoms with Gasteiger partial charge < -0.3 is 20.5 Å². The number of amides is 2. The number of carbonyl (C=O) groups is 2. The Morgan fingerprint density at radius 1 is 1.19 bits per heavy atom. The Bertz CT molecular complexity index is 520. The second-order valence-corrected chi connectivity index (χ2v) is 5.03. The molecule has 7 heteroatoms. The van der Waals surface area contributed by atoms with Gasteiger partial charge >= 0.3 is 0 Å². The largest absolute Gasteiger partial charge is 0.490 e. The van der Waals surface area contributed by atoms with Gasteiger partial charge in [-0.3, -0.25) is 9.59 Å². The Balaban J connectivity index is 2.88. The van der Waals surface area contributed by atoms with E-state index in [9.17, 15) is 9.59 Å². The molecule has 1 aromatic rings. The van der Waals surface area contributed by atoms with Crippen molar-refractivity contribution < 1.29 is 19.1 Å². The monoisotopic (exact) mass is 358 g/mol. The second kappa shape index (κ2) is 8.51. The highest BCUT2D eigenvalue weighted by molar-refractivity contribution is 9.10. The van der Waals surface area contributed by atoms with Gasteiger partial charge in [0, 0.05) is 4.47 Å². The molecule has 1 rings (SSSR count). The third-order valence-corrected chi connectivity index (χ3v) is 3.26. The van der Waals surface area contributed by atoms with E-state index < -0.39 is 5.91 Å². The van der Waals surface area contributed by atoms with Crippen LogP contribution < -0.4 is 20.5 Å². The minimum atomic E-state index is -0.580. The van der Waals surface area contributed by atoms with Crippen molar-refractivity contribution in [1.82, 2.24) is 5.32 Å². The quantitative estimate of drug-likeness (QED) is 0.734. The summed E-state index contributed by atoms with van der Waals surface area (Å²) in [6.45, 7) is 4.59. The molecule has 21 heavy (non-hydrogen) atoms. The fraction of sp³-hybridized carbons (Fsp3) is 0.429. The van der Waals surface area contributed by atoms with Crippen molar-refractivity contribution in [2.24, 2.45) is 5.73 Å². The summed E-state index contributed by atoms with van der Waals surface area (Å²) in [5.74, 6) is 0.331. The molecule has 0 spiro atoms. The molecule has 0 fully saturated rings. The number of ether oxygens (including phenoxy) is 2. The fourth-order valence-corrected chi connectivity index (χ4v) is 2.13. The van der Waals surface area contributed by atoms with Crippen LogP contribution in [0.4, 0.5) is 0 Å². The number of hydrogen-bond acceptors (Lipinski definition) is 4. The van der Waals surface area contributed by atoms with Crippen LogP contribution in [-0.4, -0.2) is 31.6 Å². The van der Waals surface area contributed by atoms with E-state index in [1.54, 1.807) is 12.1 Å². The SMILES string of the molecule is CCOc1cc(Br)c(CC(=O)NCC(N)=O)cc1OCC. The molecule has 116 valence electrons. The molecule has 0 aliphatic heterocycles. The molecule has 0 saturated heterocycles. The lowest BCUT2D eigenvalue weighted by molar-refractivity contribution is -0.124. The average molecular weight is 359 g/mol. The lowest BCUT2D eigenvalue weighted by Gasteiger charge is -2.14. The normalized spacial score (nSPS) is 10.0. The van der Waals surface area contributed by atoms with Crippen LogP contribution in [0.1, 0.15) is 19.4 Å². The molecule has 0 aliphatic carbocycles. The first kappa shape index (κ1) is 17.3. The van der Waals surface area contributed by atoms with Crippen molar-refractivity contribution in [2.75, 3.05) is 19.8 Å². The third-order valence-electron chi connectivity index (χ3n) is 2.52. The lowest BCUT2D eigenvalue weighted by Crippen LogP contribution is -2.34. The first-order valence-electron chi connectivity index (χ1n) is 6.60. The summed E-state index contributed by atoms with van der Waals surface area (Å²) in [5.41, 5.74) is 5.72. The van der Waals surface area contributed by atoms with Crippen molar-refractivity contribution >= 4 is 27.7 Å². The smallest absolute Gasteiger partial charge is 0.236 e. The van der Waals surface area contributed by atoms with Crippen LogP contribution in [0.25, 0.3) is 0 Å². The summed E-state index contributed by atoms with van der Waals surface area (Å²) in [5, 5.41) is 2.44. The summed E-state index contributed by atoms with van der Waals surface area (Å²) >= 11 is 3.40. The van der Waals surface area contributed by atoms with Gasteiger partial charge in [-0.25, -0.2) is 0 Å². The number of carbonyl (C=O) groups excluding carboxylic acids is 2. The minimum Gasteiger partial charge on any atom is -0.490 e. The number of primary amides is 1. The van der Waals surface area contributed by atoms with Gasteiger partial charge in [0.25, 0.3) is 0 Å². The fourth-order valence-electron chi connectivity index (χ4n) is 1.67. The molecule has 0 saturated carbocycles. The first-order chi connectivity index (χ1) is 9.97. The van der Waals surface area contributed by atoms with Crippen molar-refractivity contribution in [1.29, 1.82) is 0 Å². The molecule has 1 aromatic carbocycles. The van der Waals surface area contributed by atoms with Crippen molar-refractivity contribution in [3.05, 3.63) is 22.2 Å². The Kier molecular flexibility index (Phi) is 7.01. The Hall–Kier alpha value is -1.76. The van der Waals surface area contributed by atoms with E-state index in [2.05, 4.69) is 21.2 Å². The predicted molar refractivity (Wildman–Crippen MR) is 82.4 cm³/mol. The third kappa shape index (κ3) is 5.63. The van der Waals surface area contributed by atoms with Crippen molar-refractivity contribution in [3.8, 4) is 11.5 Å². The van der Waals surface area contributed by atoms with Crippen LogP contribution >= 0.6 is 15.9 Å². The van der Waals surface area contributed by atoms with Crippen molar-refractivity contribution in [2.45, 2.75) is 20.3 Å². The highest BCUT2D eigenvalue weighted by atomic mass is 79.9. The molecule has 0 heterocycles. The molecule has 0 radical (unpaired) electrons. The van der Waals surface area contributed by atoms with Gasteiger partial charge in [0.05, 0.1) is 26.2 Å². The molecule has 0 bridgehead atoms. The number of nitrogens with two attached hydrogens (primary N) is 1. The highest BCUT2D eigenvalue weighted by Gasteiger charge is 2.13. The molecular formula is C14H19BrN2O4. The van der Waals surface area contributed by atoms with E-state index in [1.165, 1.54) is 0 Å².